The molecule has 2 aliphatic rings. The number of benzene rings is 2. The van der Waals surface area contributed by atoms with Gasteiger partial charge in [0, 0.05) is 5.41 Å². The first-order valence-corrected chi connectivity index (χ1v) is 8.47. The lowest BCUT2D eigenvalue weighted by Crippen LogP contribution is -2.27. The van der Waals surface area contributed by atoms with Crippen LogP contribution in [-0.2, 0) is 18.3 Å². The molecule has 2 nitrogen and oxygen atoms in total. The van der Waals surface area contributed by atoms with Crippen LogP contribution in [0.2, 0.25) is 5.02 Å². The molecule has 0 N–H and O–H groups in total. The highest BCUT2D eigenvalue weighted by Gasteiger charge is 2.39. The third-order valence-electron chi connectivity index (χ3n) is 5.48. The number of hydrogen-bond donors (Lipinski definition) is 0. The summed E-state index contributed by atoms with van der Waals surface area (Å²) in [6, 6.07) is 12.5. The molecule has 0 saturated heterocycles. The highest BCUT2D eigenvalue weighted by Crippen LogP contribution is 2.51. The zero-order valence-corrected chi connectivity index (χ0v) is 14.8. The van der Waals surface area contributed by atoms with E-state index in [0.717, 1.165) is 29.7 Å². The maximum absolute atomic E-state index is 9.52. The second kappa shape index (κ2) is 5.13. The van der Waals surface area contributed by atoms with Crippen LogP contribution in [-0.4, -0.2) is 7.11 Å². The van der Waals surface area contributed by atoms with E-state index < -0.39 is 0 Å². The largest absolute Gasteiger partial charge is 0.495 e. The van der Waals surface area contributed by atoms with Gasteiger partial charge >= 0.3 is 0 Å². The smallest absolute Gasteiger partial charge is 0.137 e. The van der Waals surface area contributed by atoms with Gasteiger partial charge in [-0.15, -0.1) is 0 Å². The Morgan fingerprint density at radius 3 is 2.67 bits per heavy atom. The zero-order chi connectivity index (χ0) is 17.1. The van der Waals surface area contributed by atoms with Crippen LogP contribution in [0.5, 0.6) is 5.75 Å². The minimum absolute atomic E-state index is 0.105. The molecular formula is C21H18ClNO. The maximum atomic E-state index is 9.52. The standard InChI is InChI=1S/C21H18ClNO/c1-21(2)16-10-19(24-3)18(22)9-14(16)7-15-17(21)8-12-5-4-6-13(11-23)20(12)15/h4-6,9-10H,7-8H2,1-3H3. The normalized spacial score (nSPS) is 17.0. The van der Waals surface area contributed by atoms with E-state index in [4.69, 9.17) is 16.3 Å². The molecule has 0 spiro atoms. The fourth-order valence-electron chi connectivity index (χ4n) is 4.27. The number of rotatable bonds is 1. The molecule has 120 valence electrons. The molecule has 0 heterocycles. The Bertz CT molecular complexity index is 947. The van der Waals surface area contributed by atoms with Gasteiger partial charge in [-0.1, -0.05) is 43.2 Å². The minimum atomic E-state index is -0.105. The van der Waals surface area contributed by atoms with Gasteiger partial charge in [0.05, 0.1) is 23.8 Å². The molecular weight excluding hydrogens is 318 g/mol. The van der Waals surface area contributed by atoms with Crippen LogP contribution >= 0.6 is 11.6 Å². The number of nitriles is 1. The number of fused-ring (bicyclic) bond motifs is 3. The summed E-state index contributed by atoms with van der Waals surface area (Å²) >= 11 is 6.36. The summed E-state index contributed by atoms with van der Waals surface area (Å²) in [5.41, 5.74) is 8.29. The first-order chi connectivity index (χ1) is 11.5. The van der Waals surface area contributed by atoms with Crippen LogP contribution in [0.25, 0.3) is 5.57 Å². The molecule has 2 aromatic rings. The van der Waals surface area contributed by atoms with Crippen molar-refractivity contribution >= 4 is 17.2 Å². The number of allylic oxidation sites excluding steroid dienone is 2. The molecule has 0 saturated carbocycles. The van der Waals surface area contributed by atoms with Crippen LogP contribution in [0.15, 0.2) is 35.9 Å². The fraction of sp³-hybridized carbons (Fsp3) is 0.286. The average molecular weight is 336 g/mol. The number of nitrogens with zero attached hydrogens (tertiary/aromatic N) is 1. The van der Waals surface area contributed by atoms with E-state index in [1.807, 2.05) is 18.2 Å². The monoisotopic (exact) mass is 335 g/mol. The molecule has 2 aliphatic carbocycles. The minimum Gasteiger partial charge on any atom is -0.495 e. The fourth-order valence-corrected chi connectivity index (χ4v) is 4.53. The van der Waals surface area contributed by atoms with Crippen molar-refractivity contribution < 1.29 is 4.74 Å². The predicted molar refractivity (Wildman–Crippen MR) is 96.5 cm³/mol. The zero-order valence-electron chi connectivity index (χ0n) is 14.0. The molecule has 0 aromatic heterocycles. The van der Waals surface area contributed by atoms with Crippen molar-refractivity contribution in [1.82, 2.24) is 0 Å². The quantitative estimate of drug-likeness (QED) is 0.729. The Morgan fingerprint density at radius 2 is 1.96 bits per heavy atom. The Kier molecular flexibility index (Phi) is 3.27. The van der Waals surface area contributed by atoms with E-state index in [1.54, 1.807) is 7.11 Å². The van der Waals surface area contributed by atoms with Crippen molar-refractivity contribution in [3.63, 3.8) is 0 Å². The van der Waals surface area contributed by atoms with Crippen molar-refractivity contribution in [1.29, 1.82) is 5.26 Å². The summed E-state index contributed by atoms with van der Waals surface area (Å²) in [5, 5.41) is 10.2. The number of ether oxygens (including phenoxy) is 1. The van der Waals surface area contributed by atoms with Gasteiger partial charge < -0.3 is 4.74 Å². The number of hydrogen-bond acceptors (Lipinski definition) is 2. The van der Waals surface area contributed by atoms with Gasteiger partial charge in [-0.05, 0) is 58.9 Å². The third-order valence-corrected chi connectivity index (χ3v) is 5.77. The van der Waals surface area contributed by atoms with E-state index in [1.165, 1.54) is 27.8 Å². The van der Waals surface area contributed by atoms with E-state index in [0.29, 0.717) is 5.02 Å². The molecule has 24 heavy (non-hydrogen) atoms. The van der Waals surface area contributed by atoms with Crippen LogP contribution < -0.4 is 4.74 Å². The van der Waals surface area contributed by atoms with Crippen molar-refractivity contribution in [2.45, 2.75) is 32.1 Å². The first kappa shape index (κ1) is 15.3. The van der Waals surface area contributed by atoms with E-state index in [9.17, 15) is 5.26 Å². The molecule has 0 aliphatic heterocycles. The first-order valence-electron chi connectivity index (χ1n) is 8.09. The summed E-state index contributed by atoms with van der Waals surface area (Å²) in [6.45, 7) is 4.51. The van der Waals surface area contributed by atoms with Crippen molar-refractivity contribution in [3.05, 3.63) is 68.7 Å². The summed E-state index contributed by atoms with van der Waals surface area (Å²) in [7, 11) is 1.65. The van der Waals surface area contributed by atoms with Gasteiger partial charge in [-0.3, -0.25) is 0 Å². The molecule has 0 atom stereocenters. The van der Waals surface area contributed by atoms with E-state index >= 15 is 0 Å². The number of methoxy groups -OCH3 is 1. The number of halogens is 1. The summed E-state index contributed by atoms with van der Waals surface area (Å²) in [4.78, 5) is 0. The summed E-state index contributed by atoms with van der Waals surface area (Å²) < 4.78 is 5.42. The molecule has 0 amide bonds. The Morgan fingerprint density at radius 1 is 1.17 bits per heavy atom. The van der Waals surface area contributed by atoms with Crippen LogP contribution in [0, 0.1) is 11.3 Å². The van der Waals surface area contributed by atoms with Gasteiger partial charge in [0.25, 0.3) is 0 Å². The van der Waals surface area contributed by atoms with Gasteiger partial charge in [0.1, 0.15) is 5.75 Å². The second-order valence-corrected chi connectivity index (χ2v) is 7.44. The Balaban J connectivity index is 1.95. The topological polar surface area (TPSA) is 33.0 Å². The van der Waals surface area contributed by atoms with Gasteiger partial charge in [0.15, 0.2) is 0 Å². The maximum Gasteiger partial charge on any atom is 0.137 e. The lowest BCUT2D eigenvalue weighted by molar-refractivity contribution is 0.413. The van der Waals surface area contributed by atoms with Crippen molar-refractivity contribution in [3.8, 4) is 11.8 Å². The second-order valence-electron chi connectivity index (χ2n) is 7.03. The van der Waals surface area contributed by atoms with Gasteiger partial charge in [0.2, 0.25) is 0 Å². The van der Waals surface area contributed by atoms with Crippen molar-refractivity contribution in [2.24, 2.45) is 0 Å². The molecule has 3 heteroatoms. The third kappa shape index (κ3) is 1.95. The summed E-state index contributed by atoms with van der Waals surface area (Å²) in [6.07, 6.45) is 1.74. The highest BCUT2D eigenvalue weighted by molar-refractivity contribution is 6.32. The van der Waals surface area contributed by atoms with Gasteiger partial charge in [-0.25, -0.2) is 0 Å². The van der Waals surface area contributed by atoms with Crippen LogP contribution in [0.4, 0.5) is 0 Å². The SMILES string of the molecule is COc1cc2c(cc1Cl)CC1=C(Cc3cccc(C#N)c31)C2(C)C. The average Bonchev–Trinajstić information content (AvgIpc) is 2.94. The molecule has 4 rings (SSSR count). The van der Waals surface area contributed by atoms with Gasteiger partial charge in [-0.2, -0.15) is 5.26 Å². The predicted octanol–water partition coefficient (Wildman–Crippen LogP) is 5.06. The summed E-state index contributed by atoms with van der Waals surface area (Å²) in [5.74, 6) is 0.723. The van der Waals surface area contributed by atoms with Crippen LogP contribution in [0.1, 0.15) is 41.7 Å². The highest BCUT2D eigenvalue weighted by atomic mass is 35.5. The van der Waals surface area contributed by atoms with E-state index in [2.05, 4.69) is 32.0 Å². The lowest BCUT2D eigenvalue weighted by Gasteiger charge is -2.35. The molecule has 0 bridgehead atoms. The molecule has 0 unspecified atom stereocenters. The lowest BCUT2D eigenvalue weighted by atomic mass is 9.69. The Hall–Kier alpha value is -2.24. The van der Waals surface area contributed by atoms with E-state index in [-0.39, 0.29) is 5.41 Å². The molecule has 0 radical (unpaired) electrons. The van der Waals surface area contributed by atoms with Crippen molar-refractivity contribution in [2.75, 3.05) is 7.11 Å². The molecule has 0 fully saturated rings. The molecule has 2 aromatic carbocycles. The Labute approximate surface area is 147 Å². The van der Waals surface area contributed by atoms with Crippen LogP contribution in [0.3, 0.4) is 0 Å².